The lowest BCUT2D eigenvalue weighted by molar-refractivity contribution is 0.0940. The minimum absolute atomic E-state index is 0.161. The van der Waals surface area contributed by atoms with E-state index in [-0.39, 0.29) is 11.9 Å². The molecule has 1 amide bonds. The lowest BCUT2D eigenvalue weighted by Crippen LogP contribution is -2.28. The van der Waals surface area contributed by atoms with E-state index in [0.29, 0.717) is 11.4 Å². The number of nitrogen functional groups attached to an aromatic ring is 1. The summed E-state index contributed by atoms with van der Waals surface area (Å²) in [5.41, 5.74) is 3.78. The molecule has 1 unspecified atom stereocenters. The number of nitrogens with one attached hydrogen (secondary N) is 2. The molecule has 6 heteroatoms. The third-order valence-corrected chi connectivity index (χ3v) is 3.08. The average Bonchev–Trinajstić information content (AvgIpc) is 2.77. The number of hydrogen-bond donors (Lipinski definition) is 3. The number of carbonyl (C=O) groups is 1. The molecule has 1 atom stereocenters. The molecule has 0 spiro atoms. The zero-order valence-electron chi connectivity index (χ0n) is 11.7. The maximum atomic E-state index is 12.2. The molecule has 0 saturated heterocycles. The fourth-order valence-corrected chi connectivity index (χ4v) is 2.14. The summed E-state index contributed by atoms with van der Waals surface area (Å²) in [4.78, 5) is 16.3. The smallest absolute Gasteiger partial charge is 0.255 e. The van der Waals surface area contributed by atoms with Crippen molar-refractivity contribution in [3.63, 3.8) is 0 Å². The zero-order chi connectivity index (χ0) is 14.7. The lowest BCUT2D eigenvalue weighted by atomic mass is 10.1. The Kier molecular flexibility index (Phi) is 4.05. The van der Waals surface area contributed by atoms with E-state index in [1.807, 2.05) is 26.8 Å². The summed E-state index contributed by atoms with van der Waals surface area (Å²) < 4.78 is 5.47. The number of aryl methyl sites for hydroxylation is 2. The van der Waals surface area contributed by atoms with E-state index in [2.05, 4.69) is 15.7 Å². The van der Waals surface area contributed by atoms with Crippen LogP contribution in [-0.2, 0) is 0 Å². The molecule has 6 nitrogen and oxygen atoms in total. The first-order valence-corrected chi connectivity index (χ1v) is 6.32. The Morgan fingerprint density at radius 2 is 2.20 bits per heavy atom. The topological polar surface area (TPSA) is 93.2 Å². The van der Waals surface area contributed by atoms with Crippen LogP contribution < -0.4 is 16.6 Å². The van der Waals surface area contributed by atoms with Crippen molar-refractivity contribution in [2.75, 3.05) is 5.43 Å². The quantitative estimate of drug-likeness (QED) is 0.586. The van der Waals surface area contributed by atoms with E-state index in [1.54, 1.807) is 18.3 Å². The van der Waals surface area contributed by atoms with Gasteiger partial charge < -0.3 is 15.2 Å². The minimum Gasteiger partial charge on any atom is -0.466 e. The summed E-state index contributed by atoms with van der Waals surface area (Å²) in [6, 6.07) is 5.11. The van der Waals surface area contributed by atoms with Crippen molar-refractivity contribution in [1.29, 1.82) is 0 Å². The molecule has 0 bridgehead atoms. The van der Waals surface area contributed by atoms with Gasteiger partial charge in [-0.2, -0.15) is 0 Å². The molecular weight excluding hydrogens is 256 g/mol. The highest BCUT2D eigenvalue weighted by Crippen LogP contribution is 2.22. The number of anilines is 1. The molecule has 2 aromatic heterocycles. The molecule has 0 aromatic carbocycles. The summed E-state index contributed by atoms with van der Waals surface area (Å²) in [5, 5.41) is 2.91. The van der Waals surface area contributed by atoms with Crippen molar-refractivity contribution >= 4 is 11.7 Å². The molecular formula is C14H18N4O2. The Morgan fingerprint density at radius 1 is 1.45 bits per heavy atom. The van der Waals surface area contributed by atoms with Crippen LogP contribution in [-0.4, -0.2) is 10.9 Å². The van der Waals surface area contributed by atoms with Crippen LogP contribution in [0.2, 0.25) is 0 Å². The summed E-state index contributed by atoms with van der Waals surface area (Å²) in [6.45, 7) is 5.66. The predicted molar refractivity (Wildman–Crippen MR) is 76.1 cm³/mol. The third kappa shape index (κ3) is 2.80. The fraction of sp³-hybridized carbons (Fsp3) is 0.286. The summed E-state index contributed by atoms with van der Waals surface area (Å²) in [5.74, 6) is 7.08. The first-order chi connectivity index (χ1) is 9.52. The molecule has 2 rings (SSSR count). The number of nitrogens with zero attached hydrogens (tertiary/aromatic N) is 1. The molecule has 0 aliphatic carbocycles. The van der Waals surface area contributed by atoms with Crippen molar-refractivity contribution in [1.82, 2.24) is 10.3 Å². The van der Waals surface area contributed by atoms with Crippen LogP contribution in [0.5, 0.6) is 0 Å². The number of nitrogens with two attached hydrogens (primary N) is 1. The van der Waals surface area contributed by atoms with Crippen LogP contribution in [0.3, 0.4) is 0 Å². The predicted octanol–water partition coefficient (Wildman–Crippen LogP) is 2.07. The highest BCUT2D eigenvalue weighted by atomic mass is 16.3. The summed E-state index contributed by atoms with van der Waals surface area (Å²) >= 11 is 0. The van der Waals surface area contributed by atoms with Gasteiger partial charge in [0.1, 0.15) is 11.5 Å². The van der Waals surface area contributed by atoms with Crippen LogP contribution in [0.1, 0.15) is 40.4 Å². The van der Waals surface area contributed by atoms with Crippen LogP contribution in [0.25, 0.3) is 0 Å². The van der Waals surface area contributed by atoms with Gasteiger partial charge in [0.25, 0.3) is 5.91 Å². The molecule has 0 aliphatic heterocycles. The van der Waals surface area contributed by atoms with Crippen molar-refractivity contribution in [3.05, 3.63) is 47.0 Å². The van der Waals surface area contributed by atoms with E-state index in [4.69, 9.17) is 10.3 Å². The van der Waals surface area contributed by atoms with E-state index < -0.39 is 0 Å². The minimum atomic E-state index is -0.239. The number of amides is 1. The molecule has 0 saturated carbocycles. The monoisotopic (exact) mass is 274 g/mol. The molecule has 2 heterocycles. The second-order valence-corrected chi connectivity index (χ2v) is 4.61. The maximum Gasteiger partial charge on any atom is 0.255 e. The van der Waals surface area contributed by atoms with Gasteiger partial charge in [0, 0.05) is 11.8 Å². The Labute approximate surface area is 117 Å². The molecule has 0 radical (unpaired) electrons. The Balaban J connectivity index is 2.17. The zero-order valence-corrected chi connectivity index (χ0v) is 11.7. The number of hydrogen-bond acceptors (Lipinski definition) is 5. The van der Waals surface area contributed by atoms with Crippen LogP contribution in [0.4, 0.5) is 5.82 Å². The molecule has 20 heavy (non-hydrogen) atoms. The van der Waals surface area contributed by atoms with Gasteiger partial charge in [-0.3, -0.25) is 4.79 Å². The fourth-order valence-electron chi connectivity index (χ4n) is 2.14. The molecule has 4 N–H and O–H groups in total. The normalized spacial score (nSPS) is 12.0. The largest absolute Gasteiger partial charge is 0.466 e. The Bertz CT molecular complexity index is 621. The van der Waals surface area contributed by atoms with E-state index >= 15 is 0 Å². The number of pyridine rings is 1. The van der Waals surface area contributed by atoms with Gasteiger partial charge in [-0.15, -0.1) is 0 Å². The molecule has 106 valence electrons. The van der Waals surface area contributed by atoms with Gasteiger partial charge in [0.15, 0.2) is 5.82 Å². The highest BCUT2D eigenvalue weighted by Gasteiger charge is 2.18. The second-order valence-electron chi connectivity index (χ2n) is 4.61. The van der Waals surface area contributed by atoms with Crippen molar-refractivity contribution in [2.24, 2.45) is 5.84 Å². The average molecular weight is 274 g/mol. The van der Waals surface area contributed by atoms with Crippen molar-refractivity contribution < 1.29 is 9.21 Å². The van der Waals surface area contributed by atoms with Gasteiger partial charge in [-0.25, -0.2) is 10.8 Å². The Morgan fingerprint density at radius 3 is 2.80 bits per heavy atom. The van der Waals surface area contributed by atoms with Gasteiger partial charge in [-0.1, -0.05) is 0 Å². The molecule has 0 fully saturated rings. The first-order valence-electron chi connectivity index (χ1n) is 6.32. The summed E-state index contributed by atoms with van der Waals surface area (Å²) in [6.07, 6.45) is 1.57. The van der Waals surface area contributed by atoms with Gasteiger partial charge in [0.2, 0.25) is 0 Å². The maximum absolute atomic E-state index is 12.2. The van der Waals surface area contributed by atoms with E-state index in [9.17, 15) is 4.79 Å². The van der Waals surface area contributed by atoms with Gasteiger partial charge in [0.05, 0.1) is 11.6 Å². The summed E-state index contributed by atoms with van der Waals surface area (Å²) in [7, 11) is 0. The molecule has 2 aromatic rings. The third-order valence-electron chi connectivity index (χ3n) is 3.08. The van der Waals surface area contributed by atoms with E-state index in [0.717, 1.165) is 17.1 Å². The van der Waals surface area contributed by atoms with Gasteiger partial charge >= 0.3 is 0 Å². The standard InChI is InChI=1S/C14H18N4O2/c1-8-7-12(10(3)20-8)9(2)17-14(19)11-5-4-6-16-13(11)18-15/h4-7,9H,15H2,1-3H3,(H,16,18)(H,17,19). The van der Waals surface area contributed by atoms with Crippen LogP contribution >= 0.6 is 0 Å². The lowest BCUT2D eigenvalue weighted by Gasteiger charge is -2.14. The number of furan rings is 1. The highest BCUT2D eigenvalue weighted by molar-refractivity contribution is 5.98. The van der Waals surface area contributed by atoms with Crippen LogP contribution in [0, 0.1) is 13.8 Å². The SMILES string of the molecule is Cc1cc(C(C)NC(=O)c2cccnc2NN)c(C)o1. The number of hydrazine groups is 1. The van der Waals surface area contributed by atoms with Crippen molar-refractivity contribution in [3.8, 4) is 0 Å². The Hall–Kier alpha value is -2.34. The second kappa shape index (κ2) is 5.75. The first kappa shape index (κ1) is 14.1. The number of carbonyl (C=O) groups excluding carboxylic acids is 1. The van der Waals surface area contributed by atoms with Gasteiger partial charge in [-0.05, 0) is 39.0 Å². The molecule has 0 aliphatic rings. The van der Waals surface area contributed by atoms with Crippen LogP contribution in [0.15, 0.2) is 28.8 Å². The number of aromatic nitrogens is 1. The van der Waals surface area contributed by atoms with Crippen molar-refractivity contribution in [2.45, 2.75) is 26.8 Å². The van der Waals surface area contributed by atoms with E-state index in [1.165, 1.54) is 0 Å². The number of rotatable bonds is 4.